The van der Waals surface area contributed by atoms with Crippen molar-refractivity contribution in [1.82, 2.24) is 10.2 Å². The number of nitrogens with one attached hydrogen (secondary N) is 1. The SMILES string of the molecule is CNC(C)(C)C(=O)N1CC2CC1CS2. The molecule has 0 aromatic rings. The van der Waals surface area contributed by atoms with Gasteiger partial charge in [0.1, 0.15) is 0 Å². The summed E-state index contributed by atoms with van der Waals surface area (Å²) in [5, 5.41) is 3.78. The fourth-order valence-corrected chi connectivity index (χ4v) is 3.55. The third-order valence-corrected chi connectivity index (χ3v) is 4.71. The second kappa shape index (κ2) is 3.42. The molecule has 1 N–H and O–H groups in total. The first-order valence-electron chi connectivity index (χ1n) is 5.16. The van der Waals surface area contributed by atoms with E-state index in [-0.39, 0.29) is 5.91 Å². The molecule has 14 heavy (non-hydrogen) atoms. The number of amides is 1. The van der Waals surface area contributed by atoms with Gasteiger partial charge < -0.3 is 10.2 Å². The van der Waals surface area contributed by atoms with Gasteiger partial charge in [0.25, 0.3) is 0 Å². The molecule has 3 nitrogen and oxygen atoms in total. The molecule has 2 fully saturated rings. The zero-order chi connectivity index (χ0) is 10.3. The molecule has 0 aromatic carbocycles. The zero-order valence-corrected chi connectivity index (χ0v) is 9.86. The van der Waals surface area contributed by atoms with Gasteiger partial charge in [0.05, 0.1) is 5.54 Å². The molecule has 4 heteroatoms. The van der Waals surface area contributed by atoms with Crippen LogP contribution in [0.2, 0.25) is 0 Å². The Morgan fingerprint density at radius 2 is 2.29 bits per heavy atom. The Hall–Kier alpha value is -0.220. The molecule has 2 aliphatic rings. The van der Waals surface area contributed by atoms with Gasteiger partial charge in [-0.15, -0.1) is 0 Å². The van der Waals surface area contributed by atoms with Crippen LogP contribution in [0.1, 0.15) is 20.3 Å². The Morgan fingerprint density at radius 3 is 2.71 bits per heavy atom. The topological polar surface area (TPSA) is 32.3 Å². The van der Waals surface area contributed by atoms with E-state index in [4.69, 9.17) is 0 Å². The van der Waals surface area contributed by atoms with Gasteiger partial charge in [-0.05, 0) is 27.3 Å². The molecule has 80 valence electrons. The number of hydrogen-bond acceptors (Lipinski definition) is 3. The van der Waals surface area contributed by atoms with E-state index in [0.717, 1.165) is 12.3 Å². The third-order valence-electron chi connectivity index (χ3n) is 3.32. The minimum atomic E-state index is -0.408. The molecule has 0 spiro atoms. The lowest BCUT2D eigenvalue weighted by molar-refractivity contribution is -0.137. The maximum atomic E-state index is 12.1. The van der Waals surface area contributed by atoms with Crippen molar-refractivity contribution in [1.29, 1.82) is 0 Å². The van der Waals surface area contributed by atoms with Crippen molar-refractivity contribution < 1.29 is 4.79 Å². The number of likely N-dealkylation sites (N-methyl/N-ethyl adjacent to an activating group) is 1. The molecule has 2 atom stereocenters. The number of carbonyl (C=O) groups is 1. The average molecular weight is 214 g/mol. The Labute approximate surface area is 89.6 Å². The molecule has 0 radical (unpaired) electrons. The zero-order valence-electron chi connectivity index (χ0n) is 9.04. The van der Waals surface area contributed by atoms with Crippen LogP contribution in [0.3, 0.4) is 0 Å². The van der Waals surface area contributed by atoms with E-state index in [2.05, 4.69) is 10.2 Å². The van der Waals surface area contributed by atoms with E-state index in [1.165, 1.54) is 6.42 Å². The van der Waals surface area contributed by atoms with Gasteiger partial charge in [0.15, 0.2) is 0 Å². The predicted octanol–water partition coefficient (Wildman–Crippen LogP) is 0.701. The van der Waals surface area contributed by atoms with Crippen LogP contribution in [0.15, 0.2) is 0 Å². The second-order valence-electron chi connectivity index (χ2n) is 4.68. The van der Waals surface area contributed by atoms with Gasteiger partial charge in [-0.1, -0.05) is 0 Å². The van der Waals surface area contributed by atoms with Crippen molar-refractivity contribution in [3.05, 3.63) is 0 Å². The van der Waals surface area contributed by atoms with Crippen LogP contribution in [0.5, 0.6) is 0 Å². The van der Waals surface area contributed by atoms with Crippen LogP contribution in [0.25, 0.3) is 0 Å². The summed E-state index contributed by atoms with van der Waals surface area (Å²) in [6, 6.07) is 0.505. The van der Waals surface area contributed by atoms with Crippen LogP contribution >= 0.6 is 11.8 Å². The molecular weight excluding hydrogens is 196 g/mol. The van der Waals surface area contributed by atoms with Crippen LogP contribution < -0.4 is 5.32 Å². The second-order valence-corrected chi connectivity index (χ2v) is 6.01. The minimum Gasteiger partial charge on any atom is -0.336 e. The fraction of sp³-hybridized carbons (Fsp3) is 0.900. The lowest BCUT2D eigenvalue weighted by atomic mass is 10.0. The van der Waals surface area contributed by atoms with Crippen molar-refractivity contribution in [2.24, 2.45) is 0 Å². The predicted molar refractivity (Wildman–Crippen MR) is 59.5 cm³/mol. The quantitative estimate of drug-likeness (QED) is 0.734. The number of thioether (sulfide) groups is 1. The molecule has 1 amide bonds. The van der Waals surface area contributed by atoms with E-state index in [9.17, 15) is 4.79 Å². The number of likely N-dealkylation sites (tertiary alicyclic amines) is 1. The summed E-state index contributed by atoms with van der Waals surface area (Å²) in [6.45, 7) is 4.86. The number of rotatable bonds is 2. The summed E-state index contributed by atoms with van der Waals surface area (Å²) in [4.78, 5) is 14.2. The van der Waals surface area contributed by atoms with Gasteiger partial charge >= 0.3 is 0 Å². The van der Waals surface area contributed by atoms with E-state index in [1.54, 1.807) is 0 Å². The van der Waals surface area contributed by atoms with Crippen molar-refractivity contribution in [3.63, 3.8) is 0 Å². The van der Waals surface area contributed by atoms with E-state index < -0.39 is 5.54 Å². The molecule has 2 bridgehead atoms. The maximum absolute atomic E-state index is 12.1. The lowest BCUT2D eigenvalue weighted by Gasteiger charge is -2.34. The summed E-state index contributed by atoms with van der Waals surface area (Å²) >= 11 is 2.02. The first kappa shape index (κ1) is 10.3. The number of carbonyl (C=O) groups excluding carboxylic acids is 1. The van der Waals surface area contributed by atoms with Gasteiger partial charge in [-0.2, -0.15) is 11.8 Å². The van der Waals surface area contributed by atoms with Crippen molar-refractivity contribution >= 4 is 17.7 Å². The Morgan fingerprint density at radius 1 is 1.57 bits per heavy atom. The molecule has 2 unspecified atom stereocenters. The van der Waals surface area contributed by atoms with Crippen LogP contribution in [-0.4, -0.2) is 47.0 Å². The summed E-state index contributed by atoms with van der Waals surface area (Å²) < 4.78 is 0. The van der Waals surface area contributed by atoms with Crippen LogP contribution in [0, 0.1) is 0 Å². The van der Waals surface area contributed by atoms with Crippen molar-refractivity contribution in [2.45, 2.75) is 37.1 Å². The molecule has 2 saturated heterocycles. The lowest BCUT2D eigenvalue weighted by Crippen LogP contribution is -2.55. The standard InChI is InChI=1S/C10H18N2OS/c1-10(2,11-3)9(13)12-5-8-4-7(12)6-14-8/h7-8,11H,4-6H2,1-3H3. The minimum absolute atomic E-state index is 0.257. The van der Waals surface area contributed by atoms with E-state index in [1.807, 2.05) is 32.7 Å². The number of nitrogens with zero attached hydrogens (tertiary/aromatic N) is 1. The molecule has 2 aliphatic heterocycles. The first-order chi connectivity index (χ1) is 6.54. The van der Waals surface area contributed by atoms with Crippen LogP contribution in [0.4, 0.5) is 0 Å². The van der Waals surface area contributed by atoms with Gasteiger partial charge in [-0.3, -0.25) is 4.79 Å². The average Bonchev–Trinajstić information content (AvgIpc) is 2.77. The maximum Gasteiger partial charge on any atom is 0.242 e. The monoisotopic (exact) mass is 214 g/mol. The molecule has 2 rings (SSSR count). The summed E-state index contributed by atoms with van der Waals surface area (Å²) in [6.07, 6.45) is 1.20. The number of hydrogen-bond donors (Lipinski definition) is 1. The molecule has 2 heterocycles. The third kappa shape index (κ3) is 1.54. The highest BCUT2D eigenvalue weighted by Gasteiger charge is 2.44. The Kier molecular flexibility index (Phi) is 2.52. The van der Waals surface area contributed by atoms with Gasteiger partial charge in [0.2, 0.25) is 5.91 Å². The molecule has 0 saturated carbocycles. The Balaban J connectivity index is 2.06. The highest BCUT2D eigenvalue weighted by Crippen LogP contribution is 2.38. The van der Waals surface area contributed by atoms with E-state index >= 15 is 0 Å². The summed E-state index contributed by atoms with van der Waals surface area (Å²) in [5.74, 6) is 1.39. The summed E-state index contributed by atoms with van der Waals surface area (Å²) in [7, 11) is 1.85. The normalized spacial score (nSPS) is 31.2. The van der Waals surface area contributed by atoms with E-state index in [0.29, 0.717) is 11.3 Å². The fourth-order valence-electron chi connectivity index (χ4n) is 2.11. The van der Waals surface area contributed by atoms with Gasteiger partial charge in [0, 0.05) is 23.6 Å². The van der Waals surface area contributed by atoms with Crippen molar-refractivity contribution in [2.75, 3.05) is 19.3 Å². The molecule has 0 aromatic heterocycles. The van der Waals surface area contributed by atoms with Crippen molar-refractivity contribution in [3.8, 4) is 0 Å². The highest BCUT2D eigenvalue weighted by atomic mass is 32.2. The molecular formula is C10H18N2OS. The highest BCUT2D eigenvalue weighted by molar-refractivity contribution is 8.00. The number of fused-ring (bicyclic) bond motifs is 2. The Bertz CT molecular complexity index is 255. The van der Waals surface area contributed by atoms with Crippen LogP contribution in [-0.2, 0) is 4.79 Å². The van der Waals surface area contributed by atoms with Gasteiger partial charge in [-0.25, -0.2) is 0 Å². The first-order valence-corrected chi connectivity index (χ1v) is 6.21. The molecule has 0 aliphatic carbocycles. The summed E-state index contributed by atoms with van der Waals surface area (Å²) in [5.41, 5.74) is -0.408. The largest absolute Gasteiger partial charge is 0.336 e. The smallest absolute Gasteiger partial charge is 0.242 e.